The van der Waals surface area contributed by atoms with Crippen LogP contribution in [0.1, 0.15) is 232 Å². The van der Waals surface area contributed by atoms with Crippen LogP contribution in [-0.4, -0.2) is 70.0 Å². The molecule has 0 aliphatic heterocycles. The number of unbranched alkanes of at least 4 members (excludes halogenated alkanes) is 30. The summed E-state index contributed by atoms with van der Waals surface area (Å²) in [6.07, 6.45) is 42.2. The standard InChI is InChI=1S/C46H92NO8P/c1-6-8-9-10-11-12-13-14-15-16-17-18-19-20-21-22-23-24-25-26-27-28-29-30-31-32-33-34-35-36-37-39-45(48)52-42-44(55-46(49)38-7-2)43-54-56(50,51)53-41-40-47(3,4)5/h44H,6-43H2,1-5H3/t44-/m1/s1. The molecule has 0 aliphatic carbocycles. The van der Waals surface area contributed by atoms with Crippen LogP contribution in [0.25, 0.3) is 0 Å². The average Bonchev–Trinajstić information content (AvgIpc) is 3.14. The molecular weight excluding hydrogens is 725 g/mol. The van der Waals surface area contributed by atoms with E-state index < -0.39 is 26.5 Å². The van der Waals surface area contributed by atoms with Gasteiger partial charge in [-0.2, -0.15) is 0 Å². The molecule has 0 spiro atoms. The molecule has 0 amide bonds. The second-order valence-electron chi connectivity index (χ2n) is 17.5. The van der Waals surface area contributed by atoms with E-state index in [2.05, 4.69) is 6.92 Å². The highest BCUT2D eigenvalue weighted by Crippen LogP contribution is 2.38. The number of phosphoric ester groups is 1. The Morgan fingerprint density at radius 3 is 1.18 bits per heavy atom. The largest absolute Gasteiger partial charge is 0.756 e. The molecule has 0 bridgehead atoms. The number of nitrogens with zero attached hydrogens (tertiary/aromatic N) is 1. The number of esters is 2. The van der Waals surface area contributed by atoms with Crippen molar-refractivity contribution in [2.45, 2.75) is 238 Å². The fourth-order valence-electron chi connectivity index (χ4n) is 6.93. The summed E-state index contributed by atoms with van der Waals surface area (Å²) in [5.74, 6) is -0.883. The third-order valence-corrected chi connectivity index (χ3v) is 11.6. The van der Waals surface area contributed by atoms with Crippen molar-refractivity contribution in [3.8, 4) is 0 Å². The third-order valence-electron chi connectivity index (χ3n) is 10.6. The minimum atomic E-state index is -4.59. The maximum Gasteiger partial charge on any atom is 0.306 e. The fourth-order valence-corrected chi connectivity index (χ4v) is 7.66. The molecule has 0 aliphatic rings. The van der Waals surface area contributed by atoms with E-state index in [1.165, 1.54) is 180 Å². The predicted octanol–water partition coefficient (Wildman–Crippen LogP) is 13.0. The van der Waals surface area contributed by atoms with E-state index in [0.717, 1.165) is 19.3 Å². The van der Waals surface area contributed by atoms with E-state index in [-0.39, 0.29) is 32.0 Å². The molecule has 0 saturated heterocycles. The van der Waals surface area contributed by atoms with Crippen LogP contribution in [-0.2, 0) is 32.7 Å². The molecular formula is C46H92NO8P. The number of likely N-dealkylation sites (N-methyl/N-ethyl adjacent to an activating group) is 1. The fraction of sp³-hybridized carbons (Fsp3) is 0.957. The number of rotatable bonds is 44. The number of hydrogen-bond acceptors (Lipinski definition) is 8. The molecule has 0 aromatic heterocycles. The van der Waals surface area contributed by atoms with Crippen LogP contribution in [0, 0.1) is 0 Å². The highest BCUT2D eigenvalue weighted by Gasteiger charge is 2.21. The molecule has 1 unspecified atom stereocenters. The lowest BCUT2D eigenvalue weighted by atomic mass is 10.0. The van der Waals surface area contributed by atoms with E-state index in [4.69, 9.17) is 18.5 Å². The van der Waals surface area contributed by atoms with Crippen molar-refractivity contribution in [3.63, 3.8) is 0 Å². The summed E-state index contributed by atoms with van der Waals surface area (Å²) in [4.78, 5) is 36.5. The van der Waals surface area contributed by atoms with Gasteiger partial charge < -0.3 is 27.9 Å². The summed E-state index contributed by atoms with van der Waals surface area (Å²) in [5.41, 5.74) is 0. The monoisotopic (exact) mass is 818 g/mol. The van der Waals surface area contributed by atoms with Crippen molar-refractivity contribution in [3.05, 3.63) is 0 Å². The molecule has 0 aromatic rings. The van der Waals surface area contributed by atoms with Gasteiger partial charge in [-0.05, 0) is 12.8 Å². The minimum absolute atomic E-state index is 0.0285. The molecule has 2 atom stereocenters. The van der Waals surface area contributed by atoms with Gasteiger partial charge >= 0.3 is 11.9 Å². The molecule has 0 rings (SSSR count). The summed E-state index contributed by atoms with van der Waals surface area (Å²) in [6, 6.07) is 0. The Kier molecular flexibility index (Phi) is 38.8. The van der Waals surface area contributed by atoms with Crippen LogP contribution in [0.3, 0.4) is 0 Å². The predicted molar refractivity (Wildman–Crippen MR) is 232 cm³/mol. The highest BCUT2D eigenvalue weighted by molar-refractivity contribution is 7.45. The molecule has 0 aromatic carbocycles. The van der Waals surface area contributed by atoms with E-state index >= 15 is 0 Å². The van der Waals surface area contributed by atoms with E-state index in [9.17, 15) is 19.0 Å². The zero-order chi connectivity index (χ0) is 41.4. The Morgan fingerprint density at radius 1 is 0.482 bits per heavy atom. The molecule has 0 radical (unpaired) electrons. The van der Waals surface area contributed by atoms with E-state index in [0.29, 0.717) is 17.4 Å². The Balaban J connectivity index is 3.60. The Labute approximate surface area is 346 Å². The Morgan fingerprint density at radius 2 is 0.839 bits per heavy atom. The zero-order valence-corrected chi connectivity index (χ0v) is 38.5. The van der Waals surface area contributed by atoms with Gasteiger partial charge in [0.25, 0.3) is 7.82 Å². The van der Waals surface area contributed by atoms with Gasteiger partial charge in [-0.25, -0.2) is 0 Å². The van der Waals surface area contributed by atoms with Crippen LogP contribution < -0.4 is 4.89 Å². The van der Waals surface area contributed by atoms with Crippen molar-refractivity contribution in [2.24, 2.45) is 0 Å². The van der Waals surface area contributed by atoms with Crippen molar-refractivity contribution in [2.75, 3.05) is 47.5 Å². The summed E-state index contributed by atoms with van der Waals surface area (Å²) in [7, 11) is 1.17. The molecule has 56 heavy (non-hydrogen) atoms. The summed E-state index contributed by atoms with van der Waals surface area (Å²) < 4.78 is 33.2. The third kappa shape index (κ3) is 42.6. The summed E-state index contributed by atoms with van der Waals surface area (Å²) >= 11 is 0. The lowest BCUT2D eigenvalue weighted by Gasteiger charge is -2.28. The van der Waals surface area contributed by atoms with Crippen molar-refractivity contribution in [1.82, 2.24) is 0 Å². The molecule has 0 saturated carbocycles. The second-order valence-corrected chi connectivity index (χ2v) is 18.9. The van der Waals surface area contributed by atoms with Crippen LogP contribution in [0.2, 0.25) is 0 Å². The van der Waals surface area contributed by atoms with Crippen molar-refractivity contribution >= 4 is 19.8 Å². The van der Waals surface area contributed by atoms with Gasteiger partial charge in [0.05, 0.1) is 27.7 Å². The van der Waals surface area contributed by atoms with Gasteiger partial charge in [-0.1, -0.05) is 206 Å². The smallest absolute Gasteiger partial charge is 0.306 e. The quantitative estimate of drug-likeness (QED) is 0.0259. The van der Waals surface area contributed by atoms with Gasteiger partial charge in [0, 0.05) is 12.8 Å². The molecule has 0 N–H and O–H groups in total. The number of ether oxygens (including phenoxy) is 2. The molecule has 10 heteroatoms. The Bertz CT molecular complexity index is 927. The number of quaternary nitrogens is 1. The first-order valence-corrected chi connectivity index (χ1v) is 25.2. The maximum absolute atomic E-state index is 12.3. The first kappa shape index (κ1) is 55.0. The highest BCUT2D eigenvalue weighted by atomic mass is 31.2. The SMILES string of the molecule is CCCCCCCCCCCCCCCCCCCCCCCCCCCCCCCCCC(=O)OC[C@H](COP(=O)([O-])OCC[N+](C)(C)C)OC(=O)CCC. The number of phosphoric acid groups is 1. The zero-order valence-electron chi connectivity index (χ0n) is 37.6. The van der Waals surface area contributed by atoms with Crippen LogP contribution in [0.4, 0.5) is 0 Å². The molecule has 9 nitrogen and oxygen atoms in total. The van der Waals surface area contributed by atoms with Crippen molar-refractivity contribution < 1.29 is 42.1 Å². The van der Waals surface area contributed by atoms with Gasteiger partial charge in [0.1, 0.15) is 19.8 Å². The molecule has 0 heterocycles. The minimum Gasteiger partial charge on any atom is -0.756 e. The average molecular weight is 818 g/mol. The number of hydrogen-bond donors (Lipinski definition) is 0. The maximum atomic E-state index is 12.3. The van der Waals surface area contributed by atoms with Crippen LogP contribution in [0.15, 0.2) is 0 Å². The van der Waals surface area contributed by atoms with Gasteiger partial charge in [-0.3, -0.25) is 14.2 Å². The van der Waals surface area contributed by atoms with E-state index in [1.54, 1.807) is 0 Å². The van der Waals surface area contributed by atoms with Crippen LogP contribution >= 0.6 is 7.82 Å². The lowest BCUT2D eigenvalue weighted by molar-refractivity contribution is -0.870. The lowest BCUT2D eigenvalue weighted by Crippen LogP contribution is -2.37. The summed E-state index contributed by atoms with van der Waals surface area (Å²) in [5, 5.41) is 0. The van der Waals surface area contributed by atoms with Crippen LogP contribution in [0.5, 0.6) is 0 Å². The normalized spacial score (nSPS) is 13.5. The van der Waals surface area contributed by atoms with Gasteiger partial charge in [0.15, 0.2) is 6.10 Å². The van der Waals surface area contributed by atoms with Crippen molar-refractivity contribution in [1.29, 1.82) is 0 Å². The molecule has 0 fully saturated rings. The first-order chi connectivity index (χ1) is 27.0. The second kappa shape index (κ2) is 39.5. The first-order valence-electron chi connectivity index (χ1n) is 23.7. The Hall–Kier alpha value is -0.990. The molecule has 334 valence electrons. The topological polar surface area (TPSA) is 111 Å². The number of carbonyl (C=O) groups is 2. The number of carbonyl (C=O) groups excluding carboxylic acids is 2. The summed E-state index contributed by atoms with van der Waals surface area (Å²) in [6.45, 7) is 3.86. The van der Waals surface area contributed by atoms with Gasteiger partial charge in [-0.15, -0.1) is 0 Å². The van der Waals surface area contributed by atoms with Gasteiger partial charge in [0.2, 0.25) is 0 Å². The van der Waals surface area contributed by atoms with E-state index in [1.807, 2.05) is 28.1 Å².